The van der Waals surface area contributed by atoms with Gasteiger partial charge in [0.25, 0.3) is 0 Å². The second-order valence-corrected chi connectivity index (χ2v) is 4.07. The van der Waals surface area contributed by atoms with E-state index in [2.05, 4.69) is 15.5 Å². The van der Waals surface area contributed by atoms with Gasteiger partial charge >= 0.3 is 0 Å². The number of aromatic hydroxyl groups is 1. The Morgan fingerprint density at radius 2 is 2.06 bits per heavy atom. The molecule has 0 atom stereocenters. The van der Waals surface area contributed by atoms with Gasteiger partial charge in [0.1, 0.15) is 11.6 Å². The third-order valence-electron chi connectivity index (χ3n) is 2.71. The first kappa shape index (κ1) is 14.5. The lowest BCUT2D eigenvalue weighted by Crippen LogP contribution is -3.00. The monoisotopic (exact) mass is 266 g/mol. The Kier molecular flexibility index (Phi) is 6.22. The van der Waals surface area contributed by atoms with E-state index < -0.39 is 0 Å². The third kappa shape index (κ3) is 4.37. The van der Waals surface area contributed by atoms with Gasteiger partial charge in [0.05, 0.1) is 6.21 Å². The minimum atomic E-state index is 0. The molecule has 0 radical (unpaired) electrons. The van der Waals surface area contributed by atoms with Gasteiger partial charge in [-0.25, -0.2) is 0 Å². The highest BCUT2D eigenvalue weighted by atomic mass is 35.5. The molecule has 1 aliphatic heterocycles. The number of nitrogens with one attached hydrogen (secondary N) is 1. The molecule has 0 spiro atoms. The van der Waals surface area contributed by atoms with E-state index in [4.69, 9.17) is 0 Å². The number of amidine groups is 1. The zero-order valence-electron chi connectivity index (χ0n) is 10.1. The molecule has 18 heavy (non-hydrogen) atoms. The average Bonchev–Trinajstić information content (AvgIpc) is 2.60. The summed E-state index contributed by atoms with van der Waals surface area (Å²) in [7, 11) is 0. The lowest BCUT2D eigenvalue weighted by molar-refractivity contribution is -0.00000459. The molecule has 1 aliphatic rings. The van der Waals surface area contributed by atoms with E-state index in [1.54, 1.807) is 18.3 Å². The van der Waals surface area contributed by atoms with Crippen LogP contribution in [0.25, 0.3) is 0 Å². The fourth-order valence-corrected chi connectivity index (χ4v) is 1.74. The molecule has 98 valence electrons. The van der Waals surface area contributed by atoms with Crippen molar-refractivity contribution in [2.45, 2.75) is 25.7 Å². The van der Waals surface area contributed by atoms with Crippen LogP contribution in [0, 0.1) is 0 Å². The Bertz CT molecular complexity index is 432. The molecule has 4 nitrogen and oxygen atoms in total. The Hall–Kier alpha value is -1.55. The standard InChI is InChI=1S/C13H17N3O.ClH/c17-12-7-4-3-6-11(12)10-15-16-13-8-2-1-5-9-14-13;/h3-4,6-7,10,17H,1-2,5,8-9H2,(H,14,16);1H/p-1. The van der Waals surface area contributed by atoms with E-state index >= 15 is 0 Å². The number of rotatable bonds is 2. The number of phenolic OH excluding ortho intramolecular Hbond substituents is 1. The maximum absolute atomic E-state index is 9.54. The summed E-state index contributed by atoms with van der Waals surface area (Å²) in [4.78, 5) is 4.41. The molecular weight excluding hydrogens is 250 g/mol. The first-order valence-electron chi connectivity index (χ1n) is 5.96. The van der Waals surface area contributed by atoms with Crippen molar-refractivity contribution in [3.8, 4) is 5.75 Å². The van der Waals surface area contributed by atoms with E-state index in [1.807, 2.05) is 12.1 Å². The van der Waals surface area contributed by atoms with Crippen LogP contribution in [0.1, 0.15) is 31.2 Å². The molecule has 1 aromatic rings. The molecule has 0 bridgehead atoms. The summed E-state index contributed by atoms with van der Waals surface area (Å²) in [5.41, 5.74) is 3.65. The number of nitrogens with zero attached hydrogens (tertiary/aromatic N) is 2. The van der Waals surface area contributed by atoms with Crippen LogP contribution in [0.4, 0.5) is 0 Å². The summed E-state index contributed by atoms with van der Waals surface area (Å²) in [6.07, 6.45) is 6.13. The SMILES string of the molecule is Oc1ccccc1C=NNC1=NCCCCC1.[Cl-]. The fourth-order valence-electron chi connectivity index (χ4n) is 1.74. The molecule has 0 aliphatic carbocycles. The highest BCUT2D eigenvalue weighted by Crippen LogP contribution is 2.12. The Morgan fingerprint density at radius 1 is 1.22 bits per heavy atom. The van der Waals surface area contributed by atoms with Crippen LogP contribution in [0.3, 0.4) is 0 Å². The van der Waals surface area contributed by atoms with Gasteiger partial charge in [-0.3, -0.25) is 10.4 Å². The number of halogens is 1. The predicted molar refractivity (Wildman–Crippen MR) is 69.6 cm³/mol. The number of hydrogen-bond acceptors (Lipinski definition) is 4. The average molecular weight is 267 g/mol. The topological polar surface area (TPSA) is 57.0 Å². The molecule has 0 aromatic heterocycles. The number of phenols is 1. The Morgan fingerprint density at radius 3 is 2.89 bits per heavy atom. The van der Waals surface area contributed by atoms with E-state index in [-0.39, 0.29) is 18.2 Å². The molecule has 0 saturated carbocycles. The van der Waals surface area contributed by atoms with Crippen LogP contribution >= 0.6 is 0 Å². The quantitative estimate of drug-likeness (QED) is 0.549. The second-order valence-electron chi connectivity index (χ2n) is 4.07. The predicted octanol–water partition coefficient (Wildman–Crippen LogP) is -0.708. The maximum atomic E-state index is 9.54. The van der Waals surface area contributed by atoms with Gasteiger partial charge in [0, 0.05) is 18.5 Å². The van der Waals surface area contributed by atoms with Crippen molar-refractivity contribution in [1.29, 1.82) is 0 Å². The summed E-state index contributed by atoms with van der Waals surface area (Å²) in [6.45, 7) is 0.883. The van der Waals surface area contributed by atoms with Gasteiger partial charge in [-0.2, -0.15) is 5.10 Å². The maximum Gasteiger partial charge on any atom is 0.124 e. The van der Waals surface area contributed by atoms with Crippen LogP contribution < -0.4 is 17.8 Å². The molecule has 2 rings (SSSR count). The minimum Gasteiger partial charge on any atom is -1.00 e. The summed E-state index contributed by atoms with van der Waals surface area (Å²) in [6, 6.07) is 7.11. The first-order chi connectivity index (χ1) is 8.36. The molecule has 0 fully saturated rings. The minimum absolute atomic E-state index is 0. The Labute approximate surface area is 113 Å². The lowest BCUT2D eigenvalue weighted by atomic mass is 10.2. The molecule has 5 heteroatoms. The van der Waals surface area contributed by atoms with Gasteiger partial charge < -0.3 is 17.5 Å². The van der Waals surface area contributed by atoms with Crippen molar-refractivity contribution >= 4 is 12.1 Å². The van der Waals surface area contributed by atoms with Gasteiger partial charge in [-0.05, 0) is 25.0 Å². The molecule has 1 aromatic carbocycles. The van der Waals surface area contributed by atoms with E-state index in [0.717, 1.165) is 31.6 Å². The van der Waals surface area contributed by atoms with Crippen molar-refractivity contribution in [3.63, 3.8) is 0 Å². The van der Waals surface area contributed by atoms with E-state index in [0.29, 0.717) is 5.56 Å². The zero-order valence-corrected chi connectivity index (χ0v) is 10.9. The van der Waals surface area contributed by atoms with Crippen molar-refractivity contribution in [2.24, 2.45) is 10.1 Å². The van der Waals surface area contributed by atoms with Crippen molar-refractivity contribution in [2.75, 3.05) is 6.54 Å². The van der Waals surface area contributed by atoms with Crippen LogP contribution in [-0.4, -0.2) is 23.7 Å². The highest BCUT2D eigenvalue weighted by molar-refractivity contribution is 5.86. The van der Waals surface area contributed by atoms with Crippen LogP contribution in [-0.2, 0) is 0 Å². The molecule has 2 N–H and O–H groups in total. The van der Waals surface area contributed by atoms with Crippen molar-refractivity contribution in [3.05, 3.63) is 29.8 Å². The van der Waals surface area contributed by atoms with Crippen LogP contribution in [0.5, 0.6) is 5.75 Å². The molecule has 1 heterocycles. The lowest BCUT2D eigenvalue weighted by Gasteiger charge is -2.02. The summed E-state index contributed by atoms with van der Waals surface area (Å²) in [5.74, 6) is 1.18. The van der Waals surface area contributed by atoms with Crippen LogP contribution in [0.15, 0.2) is 34.4 Å². The van der Waals surface area contributed by atoms with Crippen molar-refractivity contribution < 1.29 is 17.5 Å². The number of para-hydroxylation sites is 1. The van der Waals surface area contributed by atoms with Gasteiger partial charge in [-0.1, -0.05) is 18.6 Å². The second kappa shape index (κ2) is 7.71. The first-order valence-corrected chi connectivity index (χ1v) is 5.96. The van der Waals surface area contributed by atoms with Crippen molar-refractivity contribution in [1.82, 2.24) is 5.43 Å². The third-order valence-corrected chi connectivity index (χ3v) is 2.71. The van der Waals surface area contributed by atoms with Crippen LogP contribution in [0.2, 0.25) is 0 Å². The molecule has 0 amide bonds. The summed E-state index contributed by atoms with van der Waals surface area (Å²) >= 11 is 0. The van der Waals surface area contributed by atoms with E-state index in [1.165, 1.54) is 6.42 Å². The zero-order chi connectivity index (χ0) is 11.9. The Balaban J connectivity index is 0.00000162. The normalized spacial score (nSPS) is 15.7. The number of benzene rings is 1. The smallest absolute Gasteiger partial charge is 0.124 e. The summed E-state index contributed by atoms with van der Waals surface area (Å²) in [5, 5.41) is 13.6. The largest absolute Gasteiger partial charge is 1.00 e. The van der Waals surface area contributed by atoms with Gasteiger partial charge in [0.15, 0.2) is 0 Å². The number of hydrazone groups is 1. The van der Waals surface area contributed by atoms with Gasteiger partial charge in [-0.15, -0.1) is 0 Å². The van der Waals surface area contributed by atoms with E-state index in [9.17, 15) is 5.11 Å². The highest BCUT2D eigenvalue weighted by Gasteiger charge is 2.02. The molecular formula is C13H17ClN3O-. The molecule has 0 unspecified atom stereocenters. The number of aliphatic imine (C=N–C) groups is 1. The number of hydrogen-bond donors (Lipinski definition) is 2. The summed E-state index contributed by atoms with van der Waals surface area (Å²) < 4.78 is 0. The molecule has 0 saturated heterocycles. The van der Waals surface area contributed by atoms with Gasteiger partial charge in [0.2, 0.25) is 0 Å². The fraction of sp³-hybridized carbons (Fsp3) is 0.385.